The van der Waals surface area contributed by atoms with E-state index in [9.17, 15) is 10.1 Å². The predicted molar refractivity (Wildman–Crippen MR) is 66.9 cm³/mol. The summed E-state index contributed by atoms with van der Waals surface area (Å²) in [6, 6.07) is 11.2. The number of nitro groups is 1. The lowest BCUT2D eigenvalue weighted by atomic mass is 10.1. The summed E-state index contributed by atoms with van der Waals surface area (Å²) in [4.78, 5) is 10.3. The molecule has 1 heterocycles. The van der Waals surface area contributed by atoms with E-state index in [0.717, 1.165) is 10.8 Å². The second-order valence-electron chi connectivity index (χ2n) is 3.86. The molecular formula is C13H9NO4. The molecule has 3 aromatic rings. The van der Waals surface area contributed by atoms with Gasteiger partial charge in [-0.25, -0.2) is 0 Å². The minimum absolute atomic E-state index is 0.173. The van der Waals surface area contributed by atoms with E-state index in [0.29, 0.717) is 11.0 Å². The maximum Gasteiger partial charge on any atom is 0.476 e. The first kappa shape index (κ1) is 10.6. The largest absolute Gasteiger partial charge is 0.487 e. The van der Waals surface area contributed by atoms with E-state index < -0.39 is 4.92 Å². The van der Waals surface area contributed by atoms with Crippen molar-refractivity contribution in [1.29, 1.82) is 0 Å². The van der Waals surface area contributed by atoms with Gasteiger partial charge in [0.15, 0.2) is 0 Å². The number of furan rings is 1. The summed E-state index contributed by atoms with van der Waals surface area (Å²) in [7, 11) is 1.40. The Balaban J connectivity index is 2.52. The Bertz CT molecular complexity index is 760. The summed E-state index contributed by atoms with van der Waals surface area (Å²) < 4.78 is 10.4. The van der Waals surface area contributed by atoms with Crippen molar-refractivity contribution in [3.63, 3.8) is 0 Å². The van der Waals surface area contributed by atoms with Crippen molar-refractivity contribution in [3.05, 3.63) is 46.5 Å². The van der Waals surface area contributed by atoms with Crippen LogP contribution in [0, 0.1) is 10.1 Å². The van der Waals surface area contributed by atoms with Crippen LogP contribution in [0.2, 0.25) is 0 Å². The summed E-state index contributed by atoms with van der Waals surface area (Å²) >= 11 is 0. The minimum atomic E-state index is -0.576. The number of nitrogens with zero attached hydrogens (tertiary/aromatic N) is 1. The molecule has 0 saturated carbocycles. The van der Waals surface area contributed by atoms with E-state index >= 15 is 0 Å². The molecule has 18 heavy (non-hydrogen) atoms. The number of hydrogen-bond acceptors (Lipinski definition) is 4. The van der Waals surface area contributed by atoms with Crippen molar-refractivity contribution < 1.29 is 14.1 Å². The molecule has 0 atom stereocenters. The summed E-state index contributed by atoms with van der Waals surface area (Å²) in [5.74, 6) is -0.185. The fourth-order valence-electron chi connectivity index (χ4n) is 2.14. The molecule has 2 aromatic carbocycles. The van der Waals surface area contributed by atoms with Crippen LogP contribution in [0.3, 0.4) is 0 Å². The lowest BCUT2D eigenvalue weighted by Gasteiger charge is -1.99. The van der Waals surface area contributed by atoms with Crippen LogP contribution in [-0.4, -0.2) is 12.0 Å². The van der Waals surface area contributed by atoms with Gasteiger partial charge in [-0.05, 0) is 16.8 Å². The first-order chi connectivity index (χ1) is 8.72. The highest BCUT2D eigenvalue weighted by atomic mass is 16.7. The van der Waals surface area contributed by atoms with Crippen LogP contribution in [0.25, 0.3) is 21.7 Å². The lowest BCUT2D eigenvalue weighted by molar-refractivity contribution is -0.402. The number of rotatable bonds is 2. The number of methoxy groups -OCH3 is 1. The highest BCUT2D eigenvalue weighted by molar-refractivity contribution is 6.10. The number of hydrogen-bond donors (Lipinski definition) is 0. The molecule has 0 unspecified atom stereocenters. The van der Waals surface area contributed by atoms with Crippen LogP contribution in [-0.2, 0) is 0 Å². The van der Waals surface area contributed by atoms with Crippen molar-refractivity contribution in [2.45, 2.75) is 0 Å². The van der Waals surface area contributed by atoms with Crippen molar-refractivity contribution in [2.24, 2.45) is 0 Å². The molecule has 0 bridgehead atoms. The summed E-state index contributed by atoms with van der Waals surface area (Å²) in [6.45, 7) is 0. The van der Waals surface area contributed by atoms with Crippen molar-refractivity contribution >= 4 is 27.6 Å². The normalized spacial score (nSPS) is 10.9. The smallest absolute Gasteiger partial charge is 0.476 e. The van der Waals surface area contributed by atoms with Gasteiger partial charge in [0, 0.05) is 0 Å². The highest BCUT2D eigenvalue weighted by Gasteiger charge is 2.26. The van der Waals surface area contributed by atoms with Gasteiger partial charge in [-0.2, -0.15) is 0 Å². The van der Waals surface area contributed by atoms with E-state index in [2.05, 4.69) is 0 Å². The SMILES string of the molecule is COc1c([N+](=O)[O-])oc2ccc3ccccc3c12. The zero-order chi connectivity index (χ0) is 12.7. The average Bonchev–Trinajstić information content (AvgIpc) is 2.77. The maximum atomic E-state index is 10.9. The number of benzene rings is 2. The Morgan fingerprint density at radius 3 is 2.72 bits per heavy atom. The highest BCUT2D eigenvalue weighted by Crippen LogP contribution is 2.42. The second kappa shape index (κ2) is 3.73. The first-order valence-corrected chi connectivity index (χ1v) is 5.35. The van der Waals surface area contributed by atoms with Gasteiger partial charge in [0.25, 0.3) is 0 Å². The van der Waals surface area contributed by atoms with E-state index in [1.54, 1.807) is 6.07 Å². The molecule has 0 spiro atoms. The van der Waals surface area contributed by atoms with Crippen LogP contribution in [0.5, 0.6) is 5.75 Å². The van der Waals surface area contributed by atoms with Gasteiger partial charge in [0.2, 0.25) is 5.75 Å². The Hall–Kier alpha value is -2.56. The Morgan fingerprint density at radius 2 is 2.00 bits per heavy atom. The Labute approximate surface area is 102 Å². The molecule has 1 aromatic heterocycles. The molecule has 0 N–H and O–H groups in total. The number of ether oxygens (including phenoxy) is 1. The third kappa shape index (κ3) is 1.34. The summed E-state index contributed by atoms with van der Waals surface area (Å²) in [5.41, 5.74) is 0.456. The van der Waals surface area contributed by atoms with Crippen LogP contribution < -0.4 is 4.74 Å². The molecule has 0 aliphatic rings. The summed E-state index contributed by atoms with van der Waals surface area (Å²) in [6.07, 6.45) is 0. The maximum absolute atomic E-state index is 10.9. The van der Waals surface area contributed by atoms with E-state index in [-0.39, 0.29) is 11.6 Å². The standard InChI is InChI=1S/C13H9NO4/c1-17-12-11-9-5-3-2-4-8(9)6-7-10(11)18-13(12)14(15)16/h2-7H,1H3. The zero-order valence-corrected chi connectivity index (χ0v) is 9.54. The predicted octanol–water partition coefficient (Wildman–Crippen LogP) is 3.50. The molecule has 3 rings (SSSR count). The minimum Gasteiger partial charge on any atom is -0.487 e. The topological polar surface area (TPSA) is 65.5 Å². The molecule has 0 amide bonds. The molecule has 5 heteroatoms. The molecule has 0 radical (unpaired) electrons. The average molecular weight is 243 g/mol. The second-order valence-corrected chi connectivity index (χ2v) is 3.86. The molecule has 5 nitrogen and oxygen atoms in total. The number of fused-ring (bicyclic) bond motifs is 3. The van der Waals surface area contributed by atoms with Gasteiger partial charge in [-0.15, -0.1) is 0 Å². The van der Waals surface area contributed by atoms with Crippen molar-refractivity contribution in [3.8, 4) is 5.75 Å². The van der Waals surface area contributed by atoms with Gasteiger partial charge < -0.3 is 9.15 Å². The van der Waals surface area contributed by atoms with Gasteiger partial charge >= 0.3 is 5.88 Å². The van der Waals surface area contributed by atoms with E-state index in [1.165, 1.54) is 7.11 Å². The van der Waals surface area contributed by atoms with Gasteiger partial charge in [0.05, 0.1) is 12.5 Å². The zero-order valence-electron chi connectivity index (χ0n) is 9.54. The van der Waals surface area contributed by atoms with Gasteiger partial charge in [0.1, 0.15) is 10.5 Å². The monoisotopic (exact) mass is 243 g/mol. The molecule has 0 fully saturated rings. The lowest BCUT2D eigenvalue weighted by Crippen LogP contribution is -1.89. The van der Waals surface area contributed by atoms with Crippen LogP contribution >= 0.6 is 0 Å². The summed E-state index contributed by atoms with van der Waals surface area (Å²) in [5, 5.41) is 13.4. The molecule has 0 aliphatic heterocycles. The molecular weight excluding hydrogens is 234 g/mol. The Kier molecular flexibility index (Phi) is 2.19. The van der Waals surface area contributed by atoms with E-state index in [1.807, 2.05) is 30.3 Å². The molecule has 0 saturated heterocycles. The quantitative estimate of drug-likeness (QED) is 0.510. The van der Waals surface area contributed by atoms with Crippen molar-refractivity contribution in [1.82, 2.24) is 0 Å². The Morgan fingerprint density at radius 1 is 1.22 bits per heavy atom. The van der Waals surface area contributed by atoms with Crippen LogP contribution in [0.4, 0.5) is 5.88 Å². The van der Waals surface area contributed by atoms with Gasteiger partial charge in [-0.1, -0.05) is 30.3 Å². The molecule has 90 valence electrons. The van der Waals surface area contributed by atoms with E-state index in [4.69, 9.17) is 9.15 Å². The van der Waals surface area contributed by atoms with Crippen molar-refractivity contribution in [2.75, 3.05) is 7.11 Å². The third-order valence-electron chi connectivity index (χ3n) is 2.89. The van der Waals surface area contributed by atoms with Crippen LogP contribution in [0.15, 0.2) is 40.8 Å². The first-order valence-electron chi connectivity index (χ1n) is 5.35. The van der Waals surface area contributed by atoms with Gasteiger partial charge in [-0.3, -0.25) is 10.1 Å². The molecule has 0 aliphatic carbocycles. The third-order valence-corrected chi connectivity index (χ3v) is 2.89. The van der Waals surface area contributed by atoms with Crippen LogP contribution in [0.1, 0.15) is 0 Å². The fourth-order valence-corrected chi connectivity index (χ4v) is 2.14. The fraction of sp³-hybridized carbons (Fsp3) is 0.0769.